The summed E-state index contributed by atoms with van der Waals surface area (Å²) in [7, 11) is 0. The number of amides is 1. The summed E-state index contributed by atoms with van der Waals surface area (Å²) in [6.45, 7) is 7.88. The quantitative estimate of drug-likeness (QED) is 0.839. The lowest BCUT2D eigenvalue weighted by Crippen LogP contribution is -2.55. The molecule has 3 rings (SSSR count). The monoisotopic (exact) mass is 362 g/mol. The molecular weight excluding hydrogens is 338 g/mol. The molecule has 5 nitrogen and oxygen atoms in total. The van der Waals surface area contributed by atoms with Crippen molar-refractivity contribution in [1.82, 2.24) is 14.7 Å². The number of hydrogen-bond donors (Lipinski definition) is 0. The number of benzene rings is 1. The Morgan fingerprint density at radius 3 is 2.62 bits per heavy atom. The van der Waals surface area contributed by atoms with Gasteiger partial charge in [0.15, 0.2) is 0 Å². The van der Waals surface area contributed by atoms with Gasteiger partial charge in [-0.2, -0.15) is 5.10 Å². The second-order valence-corrected chi connectivity index (χ2v) is 6.84. The lowest BCUT2D eigenvalue weighted by Gasteiger charge is -2.41. The molecule has 1 aromatic heterocycles. The van der Waals surface area contributed by atoms with Crippen LogP contribution in [0.3, 0.4) is 0 Å². The average Bonchev–Trinajstić information content (AvgIpc) is 2.96. The Labute approximate surface area is 152 Å². The van der Waals surface area contributed by atoms with Crippen LogP contribution >= 0.6 is 0 Å². The van der Waals surface area contributed by atoms with Gasteiger partial charge in [-0.15, -0.1) is 0 Å². The minimum absolute atomic E-state index is 0.00669. The number of carbonyl (C=O) groups is 1. The highest BCUT2D eigenvalue weighted by molar-refractivity contribution is 5.76. The standard InChI is InChI=1S/C19H24F2N4O/c1-13-6-4-5-7-17(13)23-8-9-24(15(3)11-23)18(26)12-25-14(2)10-16(22-25)19(20)21/h4-7,10,15,19H,8-9,11-12H2,1-3H3/t15-/m0/s1. The summed E-state index contributed by atoms with van der Waals surface area (Å²) in [6.07, 6.45) is -2.62. The van der Waals surface area contributed by atoms with Gasteiger partial charge in [-0.25, -0.2) is 8.78 Å². The third-order valence-corrected chi connectivity index (χ3v) is 4.91. The molecule has 1 amide bonds. The SMILES string of the molecule is Cc1ccccc1N1CCN(C(=O)Cn2nc(C(F)F)cc2C)[C@@H](C)C1. The van der Waals surface area contributed by atoms with Gasteiger partial charge >= 0.3 is 0 Å². The Bertz CT molecular complexity index is 790. The molecule has 1 atom stereocenters. The van der Waals surface area contributed by atoms with E-state index in [1.54, 1.807) is 6.92 Å². The van der Waals surface area contributed by atoms with Crippen LogP contribution in [0.5, 0.6) is 0 Å². The molecule has 1 saturated heterocycles. The van der Waals surface area contributed by atoms with E-state index in [0.29, 0.717) is 12.2 Å². The fraction of sp³-hybridized carbons (Fsp3) is 0.474. The maximum atomic E-state index is 12.8. The van der Waals surface area contributed by atoms with Crippen LogP contribution in [0.15, 0.2) is 30.3 Å². The topological polar surface area (TPSA) is 41.4 Å². The fourth-order valence-corrected chi connectivity index (χ4v) is 3.49. The van der Waals surface area contributed by atoms with E-state index < -0.39 is 6.43 Å². The first-order valence-corrected chi connectivity index (χ1v) is 8.79. The molecule has 1 aliphatic rings. The number of rotatable bonds is 4. The molecule has 2 heterocycles. The summed E-state index contributed by atoms with van der Waals surface area (Å²) in [4.78, 5) is 16.8. The molecule has 0 N–H and O–H groups in total. The molecule has 0 unspecified atom stereocenters. The first kappa shape index (κ1) is 18.4. The summed E-state index contributed by atoms with van der Waals surface area (Å²) in [5.41, 5.74) is 2.69. The van der Waals surface area contributed by atoms with Crippen molar-refractivity contribution in [2.24, 2.45) is 0 Å². The van der Waals surface area contributed by atoms with Gasteiger partial charge in [-0.05, 0) is 38.5 Å². The molecule has 0 spiro atoms. The number of halogens is 2. The van der Waals surface area contributed by atoms with Gasteiger partial charge in [-0.3, -0.25) is 9.48 Å². The van der Waals surface area contributed by atoms with Crippen molar-refractivity contribution < 1.29 is 13.6 Å². The second kappa shape index (κ2) is 7.43. The lowest BCUT2D eigenvalue weighted by molar-refractivity contribution is -0.134. The Hall–Kier alpha value is -2.44. The highest BCUT2D eigenvalue weighted by Crippen LogP contribution is 2.23. The molecule has 0 bridgehead atoms. The van der Waals surface area contributed by atoms with Crippen LogP contribution in [0.4, 0.5) is 14.5 Å². The van der Waals surface area contributed by atoms with E-state index in [0.717, 1.165) is 13.1 Å². The van der Waals surface area contributed by atoms with E-state index in [-0.39, 0.29) is 24.2 Å². The fourth-order valence-electron chi connectivity index (χ4n) is 3.49. The number of alkyl halides is 2. The number of aryl methyl sites for hydroxylation is 2. The van der Waals surface area contributed by atoms with Gasteiger partial charge in [0.25, 0.3) is 6.43 Å². The third-order valence-electron chi connectivity index (χ3n) is 4.91. The molecule has 140 valence electrons. The largest absolute Gasteiger partial charge is 0.367 e. The number of anilines is 1. The van der Waals surface area contributed by atoms with E-state index in [1.165, 1.54) is 22.0 Å². The molecule has 7 heteroatoms. The van der Waals surface area contributed by atoms with E-state index in [2.05, 4.69) is 29.1 Å². The van der Waals surface area contributed by atoms with E-state index in [1.807, 2.05) is 24.0 Å². The highest BCUT2D eigenvalue weighted by atomic mass is 19.3. The Kier molecular flexibility index (Phi) is 5.25. The van der Waals surface area contributed by atoms with Gasteiger partial charge in [-0.1, -0.05) is 18.2 Å². The Morgan fingerprint density at radius 2 is 2.00 bits per heavy atom. The average molecular weight is 362 g/mol. The van der Waals surface area contributed by atoms with Gasteiger partial charge in [0.2, 0.25) is 5.91 Å². The predicted octanol–water partition coefficient (Wildman–Crippen LogP) is 3.17. The predicted molar refractivity (Wildman–Crippen MR) is 96.5 cm³/mol. The molecule has 0 aliphatic carbocycles. The van der Waals surface area contributed by atoms with Crippen molar-refractivity contribution in [2.45, 2.75) is 39.8 Å². The van der Waals surface area contributed by atoms with Gasteiger partial charge < -0.3 is 9.80 Å². The number of para-hydroxylation sites is 1. The molecular formula is C19H24F2N4O. The zero-order valence-electron chi connectivity index (χ0n) is 15.3. The zero-order chi connectivity index (χ0) is 18.8. The molecule has 1 aliphatic heterocycles. The van der Waals surface area contributed by atoms with Crippen LogP contribution in [-0.4, -0.2) is 46.3 Å². The van der Waals surface area contributed by atoms with Crippen LogP contribution in [0.25, 0.3) is 0 Å². The summed E-state index contributed by atoms with van der Waals surface area (Å²) in [6, 6.07) is 9.59. The van der Waals surface area contributed by atoms with Crippen molar-refractivity contribution in [3.63, 3.8) is 0 Å². The lowest BCUT2D eigenvalue weighted by atomic mass is 10.1. The smallest absolute Gasteiger partial charge is 0.282 e. The van der Waals surface area contributed by atoms with Crippen LogP contribution in [0.2, 0.25) is 0 Å². The van der Waals surface area contributed by atoms with Crippen molar-refractivity contribution in [2.75, 3.05) is 24.5 Å². The molecule has 2 aromatic rings. The summed E-state index contributed by atoms with van der Waals surface area (Å²) in [5.74, 6) is -0.0889. The molecule has 1 fully saturated rings. The maximum absolute atomic E-state index is 12.8. The van der Waals surface area contributed by atoms with Gasteiger partial charge in [0, 0.05) is 37.1 Å². The Morgan fingerprint density at radius 1 is 1.27 bits per heavy atom. The summed E-state index contributed by atoms with van der Waals surface area (Å²) >= 11 is 0. The van der Waals surface area contributed by atoms with Crippen molar-refractivity contribution in [3.05, 3.63) is 47.3 Å². The number of aromatic nitrogens is 2. The Balaban J connectivity index is 1.66. The first-order chi connectivity index (χ1) is 12.4. The first-order valence-electron chi connectivity index (χ1n) is 8.79. The van der Waals surface area contributed by atoms with Crippen LogP contribution in [0, 0.1) is 13.8 Å². The molecule has 1 aromatic carbocycles. The molecule has 0 radical (unpaired) electrons. The second-order valence-electron chi connectivity index (χ2n) is 6.84. The number of carbonyl (C=O) groups excluding carboxylic acids is 1. The number of nitrogens with zero attached hydrogens (tertiary/aromatic N) is 4. The van der Waals surface area contributed by atoms with Crippen LogP contribution in [0.1, 0.15) is 30.3 Å². The van der Waals surface area contributed by atoms with Gasteiger partial charge in [0.1, 0.15) is 12.2 Å². The van der Waals surface area contributed by atoms with Crippen molar-refractivity contribution >= 4 is 11.6 Å². The zero-order valence-corrected chi connectivity index (χ0v) is 15.3. The third kappa shape index (κ3) is 3.71. The van der Waals surface area contributed by atoms with Crippen molar-refractivity contribution in [1.29, 1.82) is 0 Å². The number of piperazine rings is 1. The number of hydrogen-bond acceptors (Lipinski definition) is 3. The normalized spacial score (nSPS) is 17.8. The molecule has 26 heavy (non-hydrogen) atoms. The van der Waals surface area contributed by atoms with E-state index in [4.69, 9.17) is 0 Å². The van der Waals surface area contributed by atoms with Crippen LogP contribution < -0.4 is 4.90 Å². The minimum Gasteiger partial charge on any atom is -0.367 e. The minimum atomic E-state index is -2.62. The maximum Gasteiger partial charge on any atom is 0.282 e. The summed E-state index contributed by atoms with van der Waals surface area (Å²) in [5, 5.41) is 3.85. The highest BCUT2D eigenvalue weighted by Gasteiger charge is 2.28. The summed E-state index contributed by atoms with van der Waals surface area (Å²) < 4.78 is 26.9. The van der Waals surface area contributed by atoms with Gasteiger partial charge in [0.05, 0.1) is 0 Å². The van der Waals surface area contributed by atoms with Crippen LogP contribution in [-0.2, 0) is 11.3 Å². The van der Waals surface area contributed by atoms with E-state index in [9.17, 15) is 13.6 Å². The van der Waals surface area contributed by atoms with E-state index >= 15 is 0 Å². The molecule has 0 saturated carbocycles. The van der Waals surface area contributed by atoms with Crippen molar-refractivity contribution in [3.8, 4) is 0 Å².